The minimum atomic E-state index is -3.43. The summed E-state index contributed by atoms with van der Waals surface area (Å²) in [6.45, 7) is 6.79. The van der Waals surface area contributed by atoms with Crippen LogP contribution >= 0.6 is 0 Å². The number of ether oxygens (including phenoxy) is 1. The number of carbonyl (C=O) groups excluding carboxylic acids is 1. The largest absolute Gasteiger partial charge is 0.459 e. The third-order valence-electron chi connectivity index (χ3n) is 3.30. The Balaban J connectivity index is 2.50. The second kappa shape index (κ2) is 6.89. The van der Waals surface area contributed by atoms with Crippen LogP contribution in [0.3, 0.4) is 0 Å². The molecule has 6 heteroatoms. The first-order chi connectivity index (χ1) is 9.09. The van der Waals surface area contributed by atoms with E-state index >= 15 is 0 Å². The Morgan fingerprint density at radius 3 is 2.30 bits per heavy atom. The predicted octanol–water partition coefficient (Wildman–Crippen LogP) is 2.22. The van der Waals surface area contributed by atoms with Crippen LogP contribution in [-0.2, 0) is 19.6 Å². The first-order valence-corrected chi connectivity index (χ1v) is 8.97. The lowest BCUT2D eigenvalue weighted by Gasteiger charge is -2.24. The van der Waals surface area contributed by atoms with Crippen molar-refractivity contribution in [3.8, 4) is 0 Å². The number of carbonyl (C=O) groups is 1. The van der Waals surface area contributed by atoms with Gasteiger partial charge in [-0.15, -0.1) is 0 Å². The van der Waals surface area contributed by atoms with Crippen LogP contribution in [0.1, 0.15) is 59.8 Å². The highest BCUT2D eigenvalue weighted by molar-refractivity contribution is 7.89. The molecule has 0 aromatic carbocycles. The molecule has 0 bridgehead atoms. The molecule has 0 aliphatic heterocycles. The molecule has 0 amide bonds. The summed E-state index contributed by atoms with van der Waals surface area (Å²) in [6, 6.07) is -0.845. The molecule has 20 heavy (non-hydrogen) atoms. The maximum atomic E-state index is 12.1. The molecule has 118 valence electrons. The van der Waals surface area contributed by atoms with E-state index in [0.29, 0.717) is 0 Å². The van der Waals surface area contributed by atoms with E-state index in [9.17, 15) is 13.2 Å². The number of sulfonamides is 1. The molecule has 1 N–H and O–H groups in total. The van der Waals surface area contributed by atoms with Crippen LogP contribution < -0.4 is 4.72 Å². The molecule has 1 atom stereocenters. The zero-order chi connectivity index (χ0) is 15.4. The van der Waals surface area contributed by atoms with E-state index in [0.717, 1.165) is 25.7 Å². The second-order valence-corrected chi connectivity index (χ2v) is 8.46. The molecule has 0 spiro atoms. The van der Waals surface area contributed by atoms with Crippen molar-refractivity contribution in [2.75, 3.05) is 5.75 Å². The summed E-state index contributed by atoms with van der Waals surface area (Å²) in [4.78, 5) is 11.8. The molecule has 0 heterocycles. The van der Waals surface area contributed by atoms with Gasteiger partial charge in [0.05, 0.1) is 5.75 Å². The Hall–Kier alpha value is -0.620. The minimum absolute atomic E-state index is 0.111. The van der Waals surface area contributed by atoms with Crippen molar-refractivity contribution in [2.45, 2.75) is 71.4 Å². The third-order valence-corrected chi connectivity index (χ3v) is 4.92. The van der Waals surface area contributed by atoms with Gasteiger partial charge in [0.1, 0.15) is 11.6 Å². The van der Waals surface area contributed by atoms with Crippen LogP contribution in [0.25, 0.3) is 0 Å². The van der Waals surface area contributed by atoms with Crippen LogP contribution in [0.2, 0.25) is 0 Å². The normalized spacial score (nSPS) is 19.6. The van der Waals surface area contributed by atoms with E-state index in [1.165, 1.54) is 13.3 Å². The van der Waals surface area contributed by atoms with Gasteiger partial charge in [-0.2, -0.15) is 0 Å². The lowest BCUT2D eigenvalue weighted by Crippen LogP contribution is -2.44. The first-order valence-electron chi connectivity index (χ1n) is 7.32. The van der Waals surface area contributed by atoms with Crippen molar-refractivity contribution in [2.24, 2.45) is 5.92 Å². The van der Waals surface area contributed by atoms with Crippen molar-refractivity contribution in [1.29, 1.82) is 0 Å². The summed E-state index contributed by atoms with van der Waals surface area (Å²) >= 11 is 0. The molecule has 1 saturated carbocycles. The van der Waals surface area contributed by atoms with Gasteiger partial charge in [-0.1, -0.05) is 19.3 Å². The standard InChI is InChI=1S/C14H27NO4S/c1-11(13(16)19-14(2,3)4)15-20(17,18)10-12-8-6-5-7-9-12/h11-12,15H,5-10H2,1-4H3/t11-/m1/s1. The van der Waals surface area contributed by atoms with Gasteiger partial charge in [0.2, 0.25) is 10.0 Å². The maximum absolute atomic E-state index is 12.1. The van der Waals surface area contributed by atoms with Gasteiger partial charge in [0.15, 0.2) is 0 Å². The van der Waals surface area contributed by atoms with Gasteiger partial charge in [0, 0.05) is 0 Å². The van der Waals surface area contributed by atoms with Crippen molar-refractivity contribution in [3.63, 3.8) is 0 Å². The summed E-state index contributed by atoms with van der Waals surface area (Å²) in [5.74, 6) is -0.211. The zero-order valence-electron chi connectivity index (χ0n) is 12.9. The topological polar surface area (TPSA) is 72.5 Å². The van der Waals surface area contributed by atoms with Crippen molar-refractivity contribution >= 4 is 16.0 Å². The Kier molecular flexibility index (Phi) is 6.01. The molecule has 0 aromatic heterocycles. The van der Waals surface area contributed by atoms with E-state index in [2.05, 4.69) is 4.72 Å². The predicted molar refractivity (Wildman–Crippen MR) is 78.8 cm³/mol. The number of rotatable bonds is 5. The molecule has 1 aliphatic rings. The summed E-state index contributed by atoms with van der Waals surface area (Å²) < 4.78 is 31.7. The molecule has 0 radical (unpaired) electrons. The lowest BCUT2D eigenvalue weighted by molar-refractivity contribution is -0.156. The molecule has 0 unspecified atom stereocenters. The summed E-state index contributed by atoms with van der Waals surface area (Å²) in [7, 11) is -3.43. The molecular weight excluding hydrogens is 278 g/mol. The molecule has 0 aromatic rings. The minimum Gasteiger partial charge on any atom is -0.459 e. The van der Waals surface area contributed by atoms with E-state index in [1.54, 1.807) is 20.8 Å². The zero-order valence-corrected chi connectivity index (χ0v) is 13.8. The van der Waals surface area contributed by atoms with E-state index in [4.69, 9.17) is 4.74 Å². The Morgan fingerprint density at radius 1 is 1.25 bits per heavy atom. The number of nitrogens with one attached hydrogen (secondary N) is 1. The fraction of sp³-hybridized carbons (Fsp3) is 0.929. The van der Waals surface area contributed by atoms with Gasteiger partial charge in [-0.3, -0.25) is 4.79 Å². The molecule has 5 nitrogen and oxygen atoms in total. The Labute approximate surface area is 122 Å². The Morgan fingerprint density at radius 2 is 1.80 bits per heavy atom. The van der Waals surface area contributed by atoms with E-state index in [-0.39, 0.29) is 11.7 Å². The van der Waals surface area contributed by atoms with Gasteiger partial charge >= 0.3 is 5.97 Å². The van der Waals surface area contributed by atoms with Crippen LogP contribution in [-0.4, -0.2) is 31.8 Å². The van der Waals surface area contributed by atoms with E-state index in [1.807, 2.05) is 0 Å². The smallest absolute Gasteiger partial charge is 0.324 e. The SMILES string of the molecule is C[C@@H](NS(=O)(=O)CC1CCCCC1)C(=O)OC(C)(C)C. The summed E-state index contributed by atoms with van der Waals surface area (Å²) in [5, 5.41) is 0. The van der Waals surface area contributed by atoms with E-state index < -0.39 is 27.6 Å². The van der Waals surface area contributed by atoms with Crippen molar-refractivity contribution in [1.82, 2.24) is 4.72 Å². The quantitative estimate of drug-likeness (QED) is 0.790. The highest BCUT2D eigenvalue weighted by Crippen LogP contribution is 2.24. The average Bonchev–Trinajstić information content (AvgIpc) is 2.26. The molecule has 1 fully saturated rings. The first kappa shape index (κ1) is 17.4. The van der Waals surface area contributed by atoms with Gasteiger partial charge in [-0.05, 0) is 46.5 Å². The highest BCUT2D eigenvalue weighted by atomic mass is 32.2. The van der Waals surface area contributed by atoms with Gasteiger partial charge in [0.25, 0.3) is 0 Å². The second-order valence-electron chi connectivity index (χ2n) is 6.66. The monoisotopic (exact) mass is 305 g/mol. The molecule has 1 rings (SSSR count). The number of hydrogen-bond donors (Lipinski definition) is 1. The van der Waals surface area contributed by atoms with Crippen LogP contribution in [0.15, 0.2) is 0 Å². The fourth-order valence-corrected chi connectivity index (χ4v) is 4.10. The van der Waals surface area contributed by atoms with Gasteiger partial charge in [-0.25, -0.2) is 13.1 Å². The summed E-state index contributed by atoms with van der Waals surface area (Å²) in [5.41, 5.74) is -0.611. The van der Waals surface area contributed by atoms with Crippen molar-refractivity contribution in [3.05, 3.63) is 0 Å². The molecular formula is C14H27NO4S. The van der Waals surface area contributed by atoms with Crippen LogP contribution in [0.4, 0.5) is 0 Å². The third kappa shape index (κ3) is 6.70. The summed E-state index contributed by atoms with van der Waals surface area (Å²) in [6.07, 6.45) is 5.31. The van der Waals surface area contributed by atoms with Crippen molar-refractivity contribution < 1.29 is 17.9 Å². The Bertz CT molecular complexity index is 419. The average molecular weight is 305 g/mol. The number of hydrogen-bond acceptors (Lipinski definition) is 4. The van der Waals surface area contributed by atoms with Crippen LogP contribution in [0.5, 0.6) is 0 Å². The van der Waals surface area contributed by atoms with Gasteiger partial charge < -0.3 is 4.74 Å². The molecule has 1 aliphatic carbocycles. The highest BCUT2D eigenvalue weighted by Gasteiger charge is 2.27. The fourth-order valence-electron chi connectivity index (χ4n) is 2.42. The van der Waals surface area contributed by atoms with Crippen LogP contribution in [0, 0.1) is 5.92 Å². The maximum Gasteiger partial charge on any atom is 0.324 e. The number of esters is 1. The lowest BCUT2D eigenvalue weighted by atomic mass is 9.91. The molecule has 0 saturated heterocycles.